The van der Waals surface area contributed by atoms with Crippen molar-refractivity contribution in [1.29, 1.82) is 0 Å². The predicted molar refractivity (Wildman–Crippen MR) is 76.3 cm³/mol. The van der Waals surface area contributed by atoms with Crippen molar-refractivity contribution in [1.82, 2.24) is 5.32 Å². The largest absolute Gasteiger partial charge is 0.497 e. The normalized spacial score (nSPS) is 23.5. The molecule has 0 saturated heterocycles. The van der Waals surface area contributed by atoms with Gasteiger partial charge in [0.05, 0.1) is 12.8 Å². The van der Waals surface area contributed by atoms with Crippen LogP contribution in [0.15, 0.2) is 23.1 Å². The van der Waals surface area contributed by atoms with E-state index in [-0.39, 0.29) is 0 Å². The second-order valence-corrected chi connectivity index (χ2v) is 6.15. The summed E-state index contributed by atoms with van der Waals surface area (Å²) in [4.78, 5) is 1.28. The van der Waals surface area contributed by atoms with Gasteiger partial charge in [-0.05, 0) is 31.0 Å². The number of thioether (sulfide) groups is 1. The van der Waals surface area contributed by atoms with Crippen LogP contribution in [0.5, 0.6) is 5.75 Å². The molecule has 1 saturated carbocycles. The maximum Gasteiger partial charge on any atom is 0.130 e. The number of methoxy groups -OCH3 is 1. The molecule has 0 bridgehead atoms. The monoisotopic (exact) mass is 264 g/mol. The molecule has 1 aliphatic heterocycles. The molecule has 3 nitrogen and oxygen atoms in total. The molecule has 0 aromatic heterocycles. The Bertz CT molecular complexity index is 418. The van der Waals surface area contributed by atoms with Crippen molar-refractivity contribution in [2.75, 3.05) is 12.4 Å². The van der Waals surface area contributed by atoms with E-state index in [0.717, 1.165) is 5.75 Å². The van der Waals surface area contributed by atoms with Gasteiger partial charge in [-0.15, -0.1) is 0 Å². The zero-order valence-corrected chi connectivity index (χ0v) is 11.6. The molecule has 1 aliphatic carbocycles. The maximum atomic E-state index is 5.26. The maximum absolute atomic E-state index is 5.26. The predicted octanol–water partition coefficient (Wildman–Crippen LogP) is 3.42. The summed E-state index contributed by atoms with van der Waals surface area (Å²) >= 11 is 1.86. The molecule has 98 valence electrons. The van der Waals surface area contributed by atoms with Crippen molar-refractivity contribution < 1.29 is 4.74 Å². The van der Waals surface area contributed by atoms with Gasteiger partial charge in [-0.25, -0.2) is 0 Å². The lowest BCUT2D eigenvalue weighted by Gasteiger charge is -2.26. The molecular weight excluding hydrogens is 244 g/mol. The fraction of sp³-hybridized carbons (Fsp3) is 0.571. The molecule has 1 atom stereocenters. The molecule has 1 aromatic rings. The first-order valence-corrected chi connectivity index (χ1v) is 7.60. The van der Waals surface area contributed by atoms with Crippen LogP contribution in [0.3, 0.4) is 0 Å². The molecule has 2 aliphatic rings. The van der Waals surface area contributed by atoms with Crippen LogP contribution in [0.1, 0.15) is 32.1 Å². The number of hydrogen-bond donors (Lipinski definition) is 2. The molecule has 0 spiro atoms. The van der Waals surface area contributed by atoms with Crippen LogP contribution in [-0.2, 0) is 0 Å². The Morgan fingerprint density at radius 1 is 1.28 bits per heavy atom. The van der Waals surface area contributed by atoms with Crippen molar-refractivity contribution in [2.45, 2.75) is 48.5 Å². The highest BCUT2D eigenvalue weighted by molar-refractivity contribution is 8.00. The van der Waals surface area contributed by atoms with Crippen LogP contribution in [-0.4, -0.2) is 18.6 Å². The standard InChI is InChI=1S/C14H20N2OS/c1-17-11-7-8-12-13(9-11)18-14(16-12)15-10-5-3-2-4-6-10/h7-10,14-16H,2-6H2,1H3. The van der Waals surface area contributed by atoms with Crippen molar-refractivity contribution in [2.24, 2.45) is 0 Å². The van der Waals surface area contributed by atoms with E-state index in [4.69, 9.17) is 4.74 Å². The van der Waals surface area contributed by atoms with Crippen molar-refractivity contribution in [3.63, 3.8) is 0 Å². The van der Waals surface area contributed by atoms with Crippen LogP contribution < -0.4 is 15.4 Å². The number of rotatable bonds is 3. The number of fused-ring (bicyclic) bond motifs is 1. The van der Waals surface area contributed by atoms with Crippen LogP contribution in [0.25, 0.3) is 0 Å². The van der Waals surface area contributed by atoms with Gasteiger partial charge in [-0.1, -0.05) is 31.0 Å². The van der Waals surface area contributed by atoms with E-state index >= 15 is 0 Å². The Kier molecular flexibility index (Phi) is 3.66. The van der Waals surface area contributed by atoms with Crippen LogP contribution in [0.2, 0.25) is 0 Å². The first-order valence-electron chi connectivity index (χ1n) is 6.72. The van der Waals surface area contributed by atoms with E-state index in [2.05, 4.69) is 22.8 Å². The smallest absolute Gasteiger partial charge is 0.130 e. The molecule has 18 heavy (non-hydrogen) atoms. The van der Waals surface area contributed by atoms with Gasteiger partial charge >= 0.3 is 0 Å². The number of benzene rings is 1. The van der Waals surface area contributed by atoms with Crippen molar-refractivity contribution in [3.05, 3.63) is 18.2 Å². The Morgan fingerprint density at radius 2 is 2.11 bits per heavy atom. The molecule has 1 heterocycles. The highest BCUT2D eigenvalue weighted by Gasteiger charge is 2.24. The molecular formula is C14H20N2OS. The summed E-state index contributed by atoms with van der Waals surface area (Å²) in [5.74, 6) is 0.932. The van der Waals surface area contributed by atoms with Gasteiger partial charge in [0.1, 0.15) is 11.2 Å². The molecule has 0 amide bonds. The Morgan fingerprint density at radius 3 is 2.89 bits per heavy atom. The molecule has 1 unspecified atom stereocenters. The lowest BCUT2D eigenvalue weighted by Crippen LogP contribution is -2.40. The fourth-order valence-electron chi connectivity index (χ4n) is 2.70. The van der Waals surface area contributed by atoms with E-state index in [1.54, 1.807) is 7.11 Å². The van der Waals surface area contributed by atoms with Crippen LogP contribution in [0, 0.1) is 0 Å². The average Bonchev–Trinajstić information content (AvgIpc) is 2.80. The Labute approximate surface area is 113 Å². The number of nitrogens with one attached hydrogen (secondary N) is 2. The summed E-state index contributed by atoms with van der Waals surface area (Å²) in [5, 5.41) is 7.24. The van der Waals surface area contributed by atoms with E-state index in [1.165, 1.54) is 42.7 Å². The summed E-state index contributed by atoms with van der Waals surface area (Å²) in [6, 6.07) is 6.90. The van der Waals surface area contributed by atoms with Gasteiger partial charge in [0.25, 0.3) is 0 Å². The molecule has 3 rings (SSSR count). The first kappa shape index (κ1) is 12.2. The third-order valence-corrected chi connectivity index (χ3v) is 4.79. The molecule has 0 radical (unpaired) electrons. The lowest BCUT2D eigenvalue weighted by molar-refractivity contribution is 0.375. The molecule has 1 aromatic carbocycles. The van der Waals surface area contributed by atoms with Crippen molar-refractivity contribution >= 4 is 17.4 Å². The Hall–Kier alpha value is -0.870. The van der Waals surface area contributed by atoms with E-state index < -0.39 is 0 Å². The fourth-order valence-corrected chi connectivity index (χ4v) is 3.84. The second-order valence-electron chi connectivity index (χ2n) is 5.01. The van der Waals surface area contributed by atoms with Gasteiger partial charge in [-0.2, -0.15) is 0 Å². The van der Waals surface area contributed by atoms with Gasteiger partial charge < -0.3 is 10.1 Å². The SMILES string of the molecule is COc1ccc2c(c1)SC(NC1CCCCC1)N2. The lowest BCUT2D eigenvalue weighted by atomic mass is 9.96. The quantitative estimate of drug-likeness (QED) is 0.876. The number of hydrogen-bond acceptors (Lipinski definition) is 4. The van der Waals surface area contributed by atoms with Crippen molar-refractivity contribution in [3.8, 4) is 5.75 Å². The summed E-state index contributed by atoms with van der Waals surface area (Å²) in [5.41, 5.74) is 1.53. The van der Waals surface area contributed by atoms with E-state index in [1.807, 2.05) is 17.8 Å². The van der Waals surface area contributed by atoms with Gasteiger partial charge in [-0.3, -0.25) is 5.32 Å². The zero-order valence-electron chi connectivity index (χ0n) is 10.7. The van der Waals surface area contributed by atoms with Gasteiger partial charge in [0, 0.05) is 10.9 Å². The molecule has 2 N–H and O–H groups in total. The highest BCUT2D eigenvalue weighted by atomic mass is 32.2. The number of ether oxygens (including phenoxy) is 1. The summed E-state index contributed by atoms with van der Waals surface area (Å²) in [7, 11) is 1.71. The zero-order chi connectivity index (χ0) is 12.4. The third-order valence-electron chi connectivity index (χ3n) is 3.71. The summed E-state index contributed by atoms with van der Waals surface area (Å²) in [6.45, 7) is 0. The Balaban J connectivity index is 1.61. The minimum atomic E-state index is 0.315. The van der Waals surface area contributed by atoms with E-state index in [9.17, 15) is 0 Å². The first-order chi connectivity index (χ1) is 8.85. The van der Waals surface area contributed by atoms with Crippen LogP contribution >= 0.6 is 11.8 Å². The van der Waals surface area contributed by atoms with Gasteiger partial charge in [0.2, 0.25) is 0 Å². The molecule has 1 fully saturated rings. The summed E-state index contributed by atoms with van der Waals surface area (Å²) in [6.07, 6.45) is 6.78. The topological polar surface area (TPSA) is 33.3 Å². The van der Waals surface area contributed by atoms with Crippen LogP contribution in [0.4, 0.5) is 5.69 Å². The second kappa shape index (κ2) is 5.41. The highest BCUT2D eigenvalue weighted by Crippen LogP contribution is 2.39. The van der Waals surface area contributed by atoms with E-state index in [0.29, 0.717) is 11.5 Å². The number of anilines is 1. The van der Waals surface area contributed by atoms with Gasteiger partial charge in [0.15, 0.2) is 0 Å². The average molecular weight is 264 g/mol. The minimum Gasteiger partial charge on any atom is -0.497 e. The minimum absolute atomic E-state index is 0.315. The third kappa shape index (κ3) is 2.59. The molecule has 4 heteroatoms. The summed E-state index contributed by atoms with van der Waals surface area (Å²) < 4.78 is 5.26.